The molecule has 104 valence electrons. The molecule has 3 N–H and O–H groups in total. The fraction of sp³-hybridized carbons (Fsp3) is 0.364. The van der Waals surface area contributed by atoms with Crippen LogP contribution in [0.2, 0.25) is 0 Å². The summed E-state index contributed by atoms with van der Waals surface area (Å²) >= 11 is 4.83. The van der Waals surface area contributed by atoms with Crippen LogP contribution in [0.1, 0.15) is 23.9 Å². The molecule has 19 heavy (non-hydrogen) atoms. The van der Waals surface area contributed by atoms with Gasteiger partial charge in [-0.25, -0.2) is 0 Å². The SMILES string of the molecule is CCOCCC(=O)NNC(=S)NC(=O)c1ccco1. The predicted molar refractivity (Wildman–Crippen MR) is 71.2 cm³/mol. The Kier molecular flexibility index (Phi) is 6.55. The molecule has 0 spiro atoms. The van der Waals surface area contributed by atoms with Gasteiger partial charge in [0.15, 0.2) is 10.9 Å². The van der Waals surface area contributed by atoms with E-state index < -0.39 is 5.91 Å². The first kappa shape index (κ1) is 15.1. The van der Waals surface area contributed by atoms with E-state index in [0.29, 0.717) is 13.2 Å². The molecule has 1 aromatic rings. The van der Waals surface area contributed by atoms with Crippen LogP contribution in [0.3, 0.4) is 0 Å². The quantitative estimate of drug-likeness (QED) is 0.410. The van der Waals surface area contributed by atoms with Gasteiger partial charge < -0.3 is 9.15 Å². The number of rotatable bonds is 5. The number of hydrogen-bond donors (Lipinski definition) is 3. The van der Waals surface area contributed by atoms with Crippen LogP contribution in [0.25, 0.3) is 0 Å². The third kappa shape index (κ3) is 5.98. The van der Waals surface area contributed by atoms with Crippen molar-refractivity contribution in [2.45, 2.75) is 13.3 Å². The molecule has 0 unspecified atom stereocenters. The van der Waals surface area contributed by atoms with Crippen LogP contribution >= 0.6 is 12.2 Å². The van der Waals surface area contributed by atoms with Crippen molar-refractivity contribution in [3.63, 3.8) is 0 Å². The summed E-state index contributed by atoms with van der Waals surface area (Å²) in [5.41, 5.74) is 4.74. The molecule has 0 aromatic carbocycles. The highest BCUT2D eigenvalue weighted by molar-refractivity contribution is 7.80. The second-order valence-corrected chi connectivity index (χ2v) is 3.79. The van der Waals surface area contributed by atoms with Crippen molar-refractivity contribution in [2.24, 2.45) is 0 Å². The lowest BCUT2D eigenvalue weighted by atomic mass is 10.4. The van der Waals surface area contributed by atoms with E-state index in [1.54, 1.807) is 6.07 Å². The maximum atomic E-state index is 11.5. The molecule has 0 aliphatic carbocycles. The van der Waals surface area contributed by atoms with Crippen molar-refractivity contribution in [1.29, 1.82) is 0 Å². The summed E-state index contributed by atoms with van der Waals surface area (Å²) in [7, 11) is 0. The number of nitrogens with one attached hydrogen (secondary N) is 3. The lowest BCUT2D eigenvalue weighted by Crippen LogP contribution is -2.48. The maximum Gasteiger partial charge on any atom is 0.293 e. The van der Waals surface area contributed by atoms with Gasteiger partial charge in [-0.2, -0.15) is 0 Å². The first-order chi connectivity index (χ1) is 9.13. The van der Waals surface area contributed by atoms with Gasteiger partial charge in [-0.15, -0.1) is 0 Å². The third-order valence-corrected chi connectivity index (χ3v) is 2.17. The highest BCUT2D eigenvalue weighted by Crippen LogP contribution is 1.98. The van der Waals surface area contributed by atoms with Crippen molar-refractivity contribution in [2.75, 3.05) is 13.2 Å². The molecule has 1 rings (SSSR count). The minimum absolute atomic E-state index is 0.0221. The molecule has 0 aliphatic rings. The summed E-state index contributed by atoms with van der Waals surface area (Å²) in [5, 5.41) is 2.32. The van der Waals surface area contributed by atoms with E-state index in [4.69, 9.17) is 21.4 Å². The Hall–Kier alpha value is -1.93. The Morgan fingerprint density at radius 1 is 1.42 bits per heavy atom. The van der Waals surface area contributed by atoms with E-state index in [2.05, 4.69) is 16.2 Å². The molecular formula is C11H15N3O4S. The first-order valence-corrected chi connectivity index (χ1v) is 6.05. The number of hydrazine groups is 1. The van der Waals surface area contributed by atoms with Gasteiger partial charge in [-0.3, -0.25) is 25.8 Å². The monoisotopic (exact) mass is 285 g/mol. The lowest BCUT2D eigenvalue weighted by Gasteiger charge is -2.09. The number of furan rings is 1. The van der Waals surface area contributed by atoms with Crippen molar-refractivity contribution in [1.82, 2.24) is 16.2 Å². The summed E-state index contributed by atoms with van der Waals surface area (Å²) in [6.45, 7) is 2.73. The number of thiocarbonyl (C=S) groups is 1. The highest BCUT2D eigenvalue weighted by Gasteiger charge is 2.10. The standard InChI is InChI=1S/C11H15N3O4S/c1-2-17-7-5-9(15)13-14-11(19)12-10(16)8-4-3-6-18-8/h3-4,6H,2,5,7H2,1H3,(H,13,15)(H2,12,14,16,19). The molecule has 0 radical (unpaired) electrons. The van der Waals surface area contributed by atoms with Gasteiger partial charge in [-0.1, -0.05) is 0 Å². The zero-order chi connectivity index (χ0) is 14.1. The van der Waals surface area contributed by atoms with Gasteiger partial charge in [0.1, 0.15) is 0 Å². The van der Waals surface area contributed by atoms with Crippen LogP contribution in [0.15, 0.2) is 22.8 Å². The number of hydrogen-bond acceptors (Lipinski definition) is 5. The summed E-state index contributed by atoms with van der Waals surface area (Å²) in [6.07, 6.45) is 1.58. The van der Waals surface area contributed by atoms with Crippen LogP contribution in [0, 0.1) is 0 Å². The Morgan fingerprint density at radius 2 is 2.21 bits per heavy atom. The van der Waals surface area contributed by atoms with E-state index in [1.165, 1.54) is 12.3 Å². The Morgan fingerprint density at radius 3 is 2.84 bits per heavy atom. The normalized spacial score (nSPS) is 9.74. The summed E-state index contributed by atoms with van der Waals surface area (Å²) in [4.78, 5) is 22.8. The largest absolute Gasteiger partial charge is 0.459 e. The molecule has 0 fully saturated rings. The molecule has 8 heteroatoms. The molecule has 0 saturated heterocycles. The number of ether oxygens (including phenoxy) is 1. The maximum absolute atomic E-state index is 11.5. The summed E-state index contributed by atoms with van der Waals surface area (Å²) < 4.78 is 9.90. The fourth-order valence-electron chi connectivity index (χ4n) is 1.10. The Bertz CT molecular complexity index is 433. The molecular weight excluding hydrogens is 270 g/mol. The van der Waals surface area contributed by atoms with Crippen molar-refractivity contribution in [3.05, 3.63) is 24.2 Å². The minimum atomic E-state index is -0.494. The van der Waals surface area contributed by atoms with E-state index in [-0.39, 0.29) is 23.2 Å². The second-order valence-electron chi connectivity index (χ2n) is 3.38. The predicted octanol–water partition coefficient (Wildman–Crippen LogP) is 0.342. The Labute approximate surface area is 115 Å². The molecule has 0 aliphatic heterocycles. The third-order valence-electron chi connectivity index (χ3n) is 1.97. The molecule has 0 atom stereocenters. The second kappa shape index (κ2) is 8.22. The summed E-state index contributed by atoms with van der Waals surface area (Å²) in [6, 6.07) is 3.08. The molecule has 1 heterocycles. The van der Waals surface area contributed by atoms with Gasteiger partial charge >= 0.3 is 0 Å². The van der Waals surface area contributed by atoms with E-state index >= 15 is 0 Å². The number of carbonyl (C=O) groups excluding carboxylic acids is 2. The van der Waals surface area contributed by atoms with Gasteiger partial charge in [0.25, 0.3) is 5.91 Å². The lowest BCUT2D eigenvalue weighted by molar-refractivity contribution is -0.122. The fourth-order valence-corrected chi connectivity index (χ4v) is 1.25. The zero-order valence-corrected chi connectivity index (χ0v) is 11.2. The van der Waals surface area contributed by atoms with Crippen LogP contribution in [0.4, 0.5) is 0 Å². The van der Waals surface area contributed by atoms with E-state index in [1.807, 2.05) is 6.92 Å². The minimum Gasteiger partial charge on any atom is -0.459 e. The molecule has 7 nitrogen and oxygen atoms in total. The molecule has 1 aromatic heterocycles. The van der Waals surface area contributed by atoms with Gasteiger partial charge in [-0.05, 0) is 31.3 Å². The number of carbonyl (C=O) groups is 2. The van der Waals surface area contributed by atoms with Crippen molar-refractivity contribution < 1.29 is 18.7 Å². The van der Waals surface area contributed by atoms with Crippen molar-refractivity contribution in [3.8, 4) is 0 Å². The van der Waals surface area contributed by atoms with Gasteiger partial charge in [0, 0.05) is 6.61 Å². The topological polar surface area (TPSA) is 92.6 Å². The average Bonchev–Trinajstić information content (AvgIpc) is 2.90. The van der Waals surface area contributed by atoms with Crippen LogP contribution in [-0.2, 0) is 9.53 Å². The molecule has 2 amide bonds. The average molecular weight is 285 g/mol. The smallest absolute Gasteiger partial charge is 0.293 e. The molecule has 0 bridgehead atoms. The van der Waals surface area contributed by atoms with Crippen LogP contribution in [-0.4, -0.2) is 30.1 Å². The zero-order valence-electron chi connectivity index (χ0n) is 10.4. The highest BCUT2D eigenvalue weighted by atomic mass is 32.1. The van der Waals surface area contributed by atoms with Crippen molar-refractivity contribution >= 4 is 29.1 Å². The van der Waals surface area contributed by atoms with Crippen LogP contribution < -0.4 is 16.2 Å². The van der Waals surface area contributed by atoms with Gasteiger partial charge in [0.2, 0.25) is 5.91 Å². The van der Waals surface area contributed by atoms with Gasteiger partial charge in [0.05, 0.1) is 19.3 Å². The van der Waals surface area contributed by atoms with Crippen LogP contribution in [0.5, 0.6) is 0 Å². The number of amides is 2. The Balaban J connectivity index is 2.21. The molecule has 0 saturated carbocycles. The van der Waals surface area contributed by atoms with E-state index in [9.17, 15) is 9.59 Å². The summed E-state index contributed by atoms with van der Waals surface area (Å²) in [5.74, 6) is -0.652. The first-order valence-electron chi connectivity index (χ1n) is 5.65. The van der Waals surface area contributed by atoms with E-state index in [0.717, 1.165) is 0 Å².